The quantitative estimate of drug-likeness (QED) is 0.809. The maximum absolute atomic E-state index is 13.2. The van der Waals surface area contributed by atoms with Gasteiger partial charge in [-0.3, -0.25) is 5.10 Å². The molecule has 0 amide bonds. The van der Waals surface area contributed by atoms with Gasteiger partial charge in [0.05, 0.1) is 5.52 Å². The lowest BCUT2D eigenvalue weighted by Gasteiger charge is -2.05. The third-order valence-electron chi connectivity index (χ3n) is 3.25. The summed E-state index contributed by atoms with van der Waals surface area (Å²) in [5.74, 6) is 0.451. The van der Waals surface area contributed by atoms with Crippen molar-refractivity contribution >= 4 is 10.9 Å². The Kier molecular flexibility index (Phi) is 2.36. The highest BCUT2D eigenvalue weighted by atomic mass is 19.1. The zero-order valence-corrected chi connectivity index (χ0v) is 8.96. The Morgan fingerprint density at radius 3 is 3.19 bits per heavy atom. The SMILES string of the molecule is Fc1ccc2n[nH]c(CC3CCNC3)c2c1. The van der Waals surface area contributed by atoms with Gasteiger partial charge in [0, 0.05) is 11.1 Å². The van der Waals surface area contributed by atoms with Crippen LogP contribution in [0.4, 0.5) is 4.39 Å². The number of aromatic amines is 1. The zero-order valence-electron chi connectivity index (χ0n) is 8.96. The number of hydrogen-bond acceptors (Lipinski definition) is 2. The molecular weight excluding hydrogens is 205 g/mol. The predicted octanol–water partition coefficient (Wildman–Crippen LogP) is 1.85. The van der Waals surface area contributed by atoms with E-state index in [9.17, 15) is 4.39 Å². The molecule has 2 heterocycles. The van der Waals surface area contributed by atoms with Crippen molar-refractivity contribution in [3.63, 3.8) is 0 Å². The van der Waals surface area contributed by atoms with Crippen LogP contribution in [0, 0.1) is 11.7 Å². The molecule has 1 saturated heterocycles. The number of benzene rings is 1. The molecule has 1 unspecified atom stereocenters. The Balaban J connectivity index is 1.93. The van der Waals surface area contributed by atoms with Crippen LogP contribution in [0.2, 0.25) is 0 Å². The van der Waals surface area contributed by atoms with E-state index in [1.165, 1.54) is 12.5 Å². The molecule has 3 rings (SSSR count). The number of fused-ring (bicyclic) bond motifs is 1. The van der Waals surface area contributed by atoms with Crippen LogP contribution in [-0.2, 0) is 6.42 Å². The minimum absolute atomic E-state index is 0.195. The molecule has 84 valence electrons. The van der Waals surface area contributed by atoms with Crippen LogP contribution in [0.15, 0.2) is 18.2 Å². The molecule has 0 spiro atoms. The molecule has 16 heavy (non-hydrogen) atoms. The van der Waals surface area contributed by atoms with Gasteiger partial charge in [-0.15, -0.1) is 0 Å². The van der Waals surface area contributed by atoms with Crippen molar-refractivity contribution in [3.05, 3.63) is 29.7 Å². The van der Waals surface area contributed by atoms with E-state index in [2.05, 4.69) is 15.5 Å². The van der Waals surface area contributed by atoms with Crippen LogP contribution in [0.3, 0.4) is 0 Å². The van der Waals surface area contributed by atoms with Gasteiger partial charge in [-0.05, 0) is 50.0 Å². The smallest absolute Gasteiger partial charge is 0.124 e. The van der Waals surface area contributed by atoms with Gasteiger partial charge in [0.1, 0.15) is 5.82 Å². The van der Waals surface area contributed by atoms with Crippen LogP contribution >= 0.6 is 0 Å². The Labute approximate surface area is 93.0 Å². The highest BCUT2D eigenvalue weighted by molar-refractivity contribution is 5.81. The summed E-state index contributed by atoms with van der Waals surface area (Å²) in [6.45, 7) is 2.14. The molecule has 0 bridgehead atoms. The molecule has 1 aromatic heterocycles. The molecule has 0 aliphatic carbocycles. The Morgan fingerprint density at radius 1 is 1.44 bits per heavy atom. The second-order valence-corrected chi connectivity index (χ2v) is 4.43. The highest BCUT2D eigenvalue weighted by Gasteiger charge is 2.17. The van der Waals surface area contributed by atoms with Crippen molar-refractivity contribution in [2.75, 3.05) is 13.1 Å². The average molecular weight is 219 g/mol. The first-order chi connectivity index (χ1) is 7.83. The van der Waals surface area contributed by atoms with Gasteiger partial charge in [-0.25, -0.2) is 4.39 Å². The molecule has 1 fully saturated rings. The summed E-state index contributed by atoms with van der Waals surface area (Å²) in [6.07, 6.45) is 2.14. The Bertz CT molecular complexity index is 500. The highest BCUT2D eigenvalue weighted by Crippen LogP contribution is 2.21. The molecule has 0 radical (unpaired) electrons. The summed E-state index contributed by atoms with van der Waals surface area (Å²) < 4.78 is 13.2. The molecule has 3 nitrogen and oxygen atoms in total. The summed E-state index contributed by atoms with van der Waals surface area (Å²) in [4.78, 5) is 0. The lowest BCUT2D eigenvalue weighted by molar-refractivity contribution is 0.572. The van der Waals surface area contributed by atoms with Gasteiger partial charge in [0.15, 0.2) is 0 Å². The number of rotatable bonds is 2. The number of nitrogens with one attached hydrogen (secondary N) is 2. The lowest BCUT2D eigenvalue weighted by atomic mass is 10.0. The van der Waals surface area contributed by atoms with Crippen LogP contribution in [0.1, 0.15) is 12.1 Å². The number of halogens is 1. The van der Waals surface area contributed by atoms with Crippen molar-refractivity contribution in [3.8, 4) is 0 Å². The summed E-state index contributed by atoms with van der Waals surface area (Å²) >= 11 is 0. The van der Waals surface area contributed by atoms with E-state index >= 15 is 0 Å². The van der Waals surface area contributed by atoms with Crippen molar-refractivity contribution in [1.82, 2.24) is 15.5 Å². The summed E-state index contributed by atoms with van der Waals surface area (Å²) in [7, 11) is 0. The minimum atomic E-state index is -0.195. The fourth-order valence-corrected chi connectivity index (χ4v) is 2.37. The number of hydrogen-bond donors (Lipinski definition) is 2. The first-order valence-corrected chi connectivity index (χ1v) is 5.66. The van der Waals surface area contributed by atoms with Crippen molar-refractivity contribution < 1.29 is 4.39 Å². The van der Waals surface area contributed by atoms with Crippen LogP contribution in [0.5, 0.6) is 0 Å². The molecule has 1 aromatic carbocycles. The zero-order chi connectivity index (χ0) is 11.0. The van der Waals surface area contributed by atoms with Crippen molar-refractivity contribution in [2.24, 2.45) is 5.92 Å². The van der Waals surface area contributed by atoms with Gasteiger partial charge in [-0.1, -0.05) is 0 Å². The normalized spacial score (nSPS) is 20.7. The average Bonchev–Trinajstić information content (AvgIpc) is 2.90. The van der Waals surface area contributed by atoms with Crippen molar-refractivity contribution in [2.45, 2.75) is 12.8 Å². The fourth-order valence-electron chi connectivity index (χ4n) is 2.37. The van der Waals surface area contributed by atoms with Crippen molar-refractivity contribution in [1.29, 1.82) is 0 Å². The number of nitrogens with zero attached hydrogens (tertiary/aromatic N) is 1. The standard InChI is InChI=1S/C12H14FN3/c13-9-1-2-11-10(6-9)12(16-15-11)5-8-3-4-14-7-8/h1-2,6,8,14H,3-5,7H2,(H,15,16). The monoisotopic (exact) mass is 219 g/mol. The van der Waals surface area contributed by atoms with Crippen LogP contribution in [-0.4, -0.2) is 23.3 Å². The van der Waals surface area contributed by atoms with E-state index in [0.717, 1.165) is 36.1 Å². The number of H-pyrrole nitrogens is 1. The third-order valence-corrected chi connectivity index (χ3v) is 3.25. The van der Waals surface area contributed by atoms with Gasteiger partial charge in [0.25, 0.3) is 0 Å². The molecule has 0 saturated carbocycles. The van der Waals surface area contributed by atoms with Crippen LogP contribution < -0.4 is 5.32 Å². The molecule has 1 aliphatic heterocycles. The van der Waals surface area contributed by atoms with Gasteiger partial charge in [0.2, 0.25) is 0 Å². The maximum atomic E-state index is 13.2. The largest absolute Gasteiger partial charge is 0.316 e. The van der Waals surface area contributed by atoms with E-state index in [-0.39, 0.29) is 5.82 Å². The topological polar surface area (TPSA) is 40.7 Å². The van der Waals surface area contributed by atoms with E-state index < -0.39 is 0 Å². The number of aromatic nitrogens is 2. The van der Waals surface area contributed by atoms with E-state index in [1.807, 2.05) is 0 Å². The van der Waals surface area contributed by atoms with Gasteiger partial charge in [-0.2, -0.15) is 5.10 Å². The summed E-state index contributed by atoms with van der Waals surface area (Å²) in [6, 6.07) is 4.73. The molecule has 2 N–H and O–H groups in total. The molecule has 1 aliphatic rings. The Morgan fingerprint density at radius 2 is 2.38 bits per heavy atom. The third kappa shape index (κ3) is 1.69. The second kappa shape index (κ2) is 3.87. The first-order valence-electron chi connectivity index (χ1n) is 5.66. The van der Waals surface area contributed by atoms with Gasteiger partial charge >= 0.3 is 0 Å². The summed E-state index contributed by atoms with van der Waals surface area (Å²) in [5.41, 5.74) is 1.91. The Hall–Kier alpha value is -1.42. The molecule has 4 heteroatoms. The maximum Gasteiger partial charge on any atom is 0.124 e. The summed E-state index contributed by atoms with van der Waals surface area (Å²) in [5, 5.41) is 11.5. The predicted molar refractivity (Wildman–Crippen MR) is 60.7 cm³/mol. The molecule has 1 atom stereocenters. The van der Waals surface area contributed by atoms with Crippen LogP contribution in [0.25, 0.3) is 10.9 Å². The lowest BCUT2D eigenvalue weighted by Crippen LogP contribution is -2.11. The molecule has 2 aromatic rings. The minimum Gasteiger partial charge on any atom is -0.316 e. The van der Waals surface area contributed by atoms with E-state index in [0.29, 0.717) is 5.92 Å². The van der Waals surface area contributed by atoms with E-state index in [1.54, 1.807) is 12.1 Å². The van der Waals surface area contributed by atoms with E-state index in [4.69, 9.17) is 0 Å². The molecular formula is C12H14FN3. The first kappa shape index (κ1) is 9.78. The van der Waals surface area contributed by atoms with Gasteiger partial charge < -0.3 is 5.32 Å². The fraction of sp³-hybridized carbons (Fsp3) is 0.417. The second-order valence-electron chi connectivity index (χ2n) is 4.43.